The molecule has 0 radical (unpaired) electrons. The summed E-state index contributed by atoms with van der Waals surface area (Å²) in [6, 6.07) is 9.53. The molecule has 78 valence electrons. The molecule has 0 aliphatic carbocycles. The van der Waals surface area contributed by atoms with E-state index in [1.807, 2.05) is 30.3 Å². The Kier molecular flexibility index (Phi) is 4.01. The van der Waals surface area contributed by atoms with E-state index in [4.69, 9.17) is 0 Å². The molecule has 0 heterocycles. The Balaban J connectivity index is 2.29. The van der Waals surface area contributed by atoms with Crippen molar-refractivity contribution in [3.63, 3.8) is 0 Å². The van der Waals surface area contributed by atoms with Crippen LogP contribution in [0.3, 0.4) is 0 Å². The molecule has 0 unspecified atom stereocenters. The zero-order valence-corrected chi connectivity index (χ0v) is 8.26. The van der Waals surface area contributed by atoms with Crippen LogP contribution in [0.4, 0.5) is 8.78 Å². The highest BCUT2D eigenvalue weighted by Gasteiger charge is 2.24. The second kappa shape index (κ2) is 5.05. The summed E-state index contributed by atoms with van der Waals surface area (Å²) in [5, 5.41) is 2.74. The maximum atomic E-state index is 12.8. The normalized spacial score (nSPS) is 11.6. The van der Waals surface area contributed by atoms with E-state index in [1.54, 1.807) is 0 Å². The third-order valence-electron chi connectivity index (χ3n) is 2.07. The van der Waals surface area contributed by atoms with Crippen molar-refractivity contribution < 1.29 is 8.78 Å². The molecule has 0 fully saturated rings. The first-order valence-corrected chi connectivity index (χ1v) is 4.76. The van der Waals surface area contributed by atoms with Crippen LogP contribution in [0.15, 0.2) is 30.3 Å². The highest BCUT2D eigenvalue weighted by Crippen LogP contribution is 2.15. The SMILES string of the molecule is CCC(F)(F)CNCc1ccccc1. The average molecular weight is 199 g/mol. The minimum Gasteiger partial charge on any atom is -0.307 e. The molecule has 0 aliphatic rings. The van der Waals surface area contributed by atoms with Gasteiger partial charge in [0.2, 0.25) is 0 Å². The van der Waals surface area contributed by atoms with Crippen LogP contribution in [0.5, 0.6) is 0 Å². The second-order valence-electron chi connectivity index (χ2n) is 3.30. The van der Waals surface area contributed by atoms with E-state index < -0.39 is 5.92 Å². The van der Waals surface area contributed by atoms with E-state index in [-0.39, 0.29) is 13.0 Å². The molecule has 0 atom stereocenters. The number of hydrogen-bond acceptors (Lipinski definition) is 1. The second-order valence-corrected chi connectivity index (χ2v) is 3.30. The highest BCUT2D eigenvalue weighted by atomic mass is 19.3. The molecule has 1 aromatic carbocycles. The van der Waals surface area contributed by atoms with Gasteiger partial charge < -0.3 is 5.32 Å². The van der Waals surface area contributed by atoms with E-state index in [0.717, 1.165) is 5.56 Å². The molecule has 0 aromatic heterocycles. The topological polar surface area (TPSA) is 12.0 Å². The molecular weight excluding hydrogens is 184 g/mol. The quantitative estimate of drug-likeness (QED) is 0.768. The van der Waals surface area contributed by atoms with Gasteiger partial charge in [0.05, 0.1) is 6.54 Å². The highest BCUT2D eigenvalue weighted by molar-refractivity contribution is 5.14. The molecule has 0 saturated heterocycles. The molecule has 1 aromatic rings. The fourth-order valence-corrected chi connectivity index (χ4v) is 1.11. The predicted molar refractivity (Wildman–Crippen MR) is 53.4 cm³/mol. The van der Waals surface area contributed by atoms with Gasteiger partial charge in [-0.2, -0.15) is 0 Å². The van der Waals surface area contributed by atoms with Crippen LogP contribution in [0.1, 0.15) is 18.9 Å². The average Bonchev–Trinajstić information content (AvgIpc) is 2.19. The fraction of sp³-hybridized carbons (Fsp3) is 0.455. The summed E-state index contributed by atoms with van der Waals surface area (Å²) in [6.45, 7) is 1.74. The third kappa shape index (κ3) is 3.83. The van der Waals surface area contributed by atoms with Crippen molar-refractivity contribution in [1.82, 2.24) is 5.32 Å². The summed E-state index contributed by atoms with van der Waals surface area (Å²) in [5.41, 5.74) is 1.03. The Morgan fingerprint density at radius 3 is 2.43 bits per heavy atom. The molecule has 0 spiro atoms. The van der Waals surface area contributed by atoms with Gasteiger partial charge in [-0.15, -0.1) is 0 Å². The smallest absolute Gasteiger partial charge is 0.260 e. The van der Waals surface area contributed by atoms with Gasteiger partial charge in [-0.05, 0) is 5.56 Å². The number of hydrogen-bond donors (Lipinski definition) is 1. The first kappa shape index (κ1) is 11.1. The number of halogens is 2. The number of alkyl halides is 2. The van der Waals surface area contributed by atoms with Crippen molar-refractivity contribution in [2.75, 3.05) is 6.54 Å². The van der Waals surface area contributed by atoms with Crippen molar-refractivity contribution in [2.45, 2.75) is 25.8 Å². The van der Waals surface area contributed by atoms with Gasteiger partial charge in [0.25, 0.3) is 5.92 Å². The van der Waals surface area contributed by atoms with Crippen LogP contribution in [-0.2, 0) is 6.54 Å². The van der Waals surface area contributed by atoms with Crippen molar-refractivity contribution in [3.8, 4) is 0 Å². The summed E-state index contributed by atoms with van der Waals surface area (Å²) < 4.78 is 25.6. The standard InChI is InChI=1S/C11H15F2N/c1-2-11(12,13)9-14-8-10-6-4-3-5-7-10/h3-7,14H,2,8-9H2,1H3. The van der Waals surface area contributed by atoms with Crippen molar-refractivity contribution in [1.29, 1.82) is 0 Å². The van der Waals surface area contributed by atoms with E-state index >= 15 is 0 Å². The molecular formula is C11H15F2N. The van der Waals surface area contributed by atoms with Crippen molar-refractivity contribution >= 4 is 0 Å². The molecule has 1 rings (SSSR count). The Morgan fingerprint density at radius 2 is 1.86 bits per heavy atom. The number of nitrogens with one attached hydrogen (secondary N) is 1. The van der Waals surface area contributed by atoms with E-state index in [2.05, 4.69) is 5.32 Å². The Labute approximate surface area is 83.1 Å². The van der Waals surface area contributed by atoms with Crippen molar-refractivity contribution in [2.24, 2.45) is 0 Å². The molecule has 1 N–H and O–H groups in total. The zero-order valence-electron chi connectivity index (χ0n) is 8.26. The summed E-state index contributed by atoms with van der Waals surface area (Å²) in [6.07, 6.45) is -0.116. The van der Waals surface area contributed by atoms with Gasteiger partial charge in [-0.1, -0.05) is 37.3 Å². The van der Waals surface area contributed by atoms with Crippen LogP contribution >= 0.6 is 0 Å². The van der Waals surface area contributed by atoms with E-state index in [0.29, 0.717) is 6.54 Å². The van der Waals surface area contributed by atoms with E-state index in [1.165, 1.54) is 6.92 Å². The number of benzene rings is 1. The lowest BCUT2D eigenvalue weighted by atomic mass is 10.2. The Bertz CT molecular complexity index is 259. The summed E-state index contributed by atoms with van der Waals surface area (Å²) in [4.78, 5) is 0. The van der Waals surface area contributed by atoms with Crippen LogP contribution in [0, 0.1) is 0 Å². The summed E-state index contributed by atoms with van der Waals surface area (Å²) >= 11 is 0. The fourth-order valence-electron chi connectivity index (χ4n) is 1.11. The molecule has 1 nitrogen and oxygen atoms in total. The lowest BCUT2D eigenvalue weighted by Crippen LogP contribution is -2.31. The molecule has 14 heavy (non-hydrogen) atoms. The summed E-state index contributed by atoms with van der Waals surface area (Å²) in [5.74, 6) is -2.59. The van der Waals surface area contributed by atoms with Gasteiger partial charge in [0.1, 0.15) is 0 Å². The maximum absolute atomic E-state index is 12.8. The van der Waals surface area contributed by atoms with Crippen LogP contribution in [0.25, 0.3) is 0 Å². The molecule has 0 amide bonds. The molecule has 0 bridgehead atoms. The Morgan fingerprint density at radius 1 is 1.21 bits per heavy atom. The maximum Gasteiger partial charge on any atom is 0.260 e. The first-order valence-electron chi connectivity index (χ1n) is 4.76. The van der Waals surface area contributed by atoms with Crippen LogP contribution in [-0.4, -0.2) is 12.5 Å². The zero-order chi connectivity index (χ0) is 10.4. The Hall–Kier alpha value is -0.960. The number of rotatable bonds is 5. The van der Waals surface area contributed by atoms with Crippen molar-refractivity contribution in [3.05, 3.63) is 35.9 Å². The first-order chi connectivity index (χ1) is 6.64. The largest absolute Gasteiger partial charge is 0.307 e. The lowest BCUT2D eigenvalue weighted by molar-refractivity contribution is -0.00186. The molecule has 0 saturated carbocycles. The third-order valence-corrected chi connectivity index (χ3v) is 2.07. The molecule has 0 aliphatic heterocycles. The minimum absolute atomic E-state index is 0.116. The van der Waals surface area contributed by atoms with Gasteiger partial charge in [-0.25, -0.2) is 8.78 Å². The van der Waals surface area contributed by atoms with Gasteiger partial charge in [0.15, 0.2) is 0 Å². The minimum atomic E-state index is -2.59. The van der Waals surface area contributed by atoms with Crippen LogP contribution < -0.4 is 5.32 Å². The van der Waals surface area contributed by atoms with Crippen LogP contribution in [0.2, 0.25) is 0 Å². The van der Waals surface area contributed by atoms with E-state index in [9.17, 15) is 8.78 Å². The van der Waals surface area contributed by atoms with Gasteiger partial charge in [-0.3, -0.25) is 0 Å². The van der Waals surface area contributed by atoms with Gasteiger partial charge in [0, 0.05) is 13.0 Å². The van der Waals surface area contributed by atoms with Gasteiger partial charge >= 0.3 is 0 Å². The predicted octanol–water partition coefficient (Wildman–Crippen LogP) is 2.82. The molecule has 3 heteroatoms. The summed E-state index contributed by atoms with van der Waals surface area (Å²) in [7, 11) is 0. The monoisotopic (exact) mass is 199 g/mol. The lowest BCUT2D eigenvalue weighted by Gasteiger charge is -2.14.